The van der Waals surface area contributed by atoms with Gasteiger partial charge in [-0.25, -0.2) is 4.83 Å². The Morgan fingerprint density at radius 1 is 1.11 bits per heavy atom. The van der Waals surface area contributed by atoms with Crippen molar-refractivity contribution in [2.45, 2.75) is 4.90 Å². The van der Waals surface area contributed by atoms with Gasteiger partial charge in [0.1, 0.15) is 0 Å². The number of hydrazone groups is 1. The topological polar surface area (TPSA) is 106 Å². The third-order valence-corrected chi connectivity index (χ3v) is 5.32. The number of aromatic amines is 1. The summed E-state index contributed by atoms with van der Waals surface area (Å²) in [6.07, 6.45) is 2.91. The molecule has 0 radical (unpaired) electrons. The summed E-state index contributed by atoms with van der Waals surface area (Å²) in [5.41, 5.74) is 2.13. The van der Waals surface area contributed by atoms with Crippen molar-refractivity contribution in [3.63, 3.8) is 0 Å². The first-order chi connectivity index (χ1) is 13.4. The first kappa shape index (κ1) is 19.7. The Hall–Kier alpha value is -3.04. The number of sulfonamides is 1. The van der Waals surface area contributed by atoms with Gasteiger partial charge < -0.3 is 9.47 Å². The van der Waals surface area contributed by atoms with Gasteiger partial charge >= 0.3 is 0 Å². The lowest BCUT2D eigenvalue weighted by Gasteiger charge is -2.09. The largest absolute Gasteiger partial charge is 0.493 e. The van der Waals surface area contributed by atoms with Crippen molar-refractivity contribution in [3.05, 3.63) is 59.2 Å². The molecule has 0 atom stereocenters. The van der Waals surface area contributed by atoms with E-state index in [1.807, 2.05) is 12.1 Å². The van der Waals surface area contributed by atoms with Gasteiger partial charge in [0.2, 0.25) is 0 Å². The second kappa shape index (κ2) is 8.32. The molecule has 10 heteroatoms. The van der Waals surface area contributed by atoms with Gasteiger partial charge in [-0.1, -0.05) is 23.7 Å². The van der Waals surface area contributed by atoms with E-state index in [1.54, 1.807) is 12.1 Å². The van der Waals surface area contributed by atoms with Crippen LogP contribution < -0.4 is 14.3 Å². The molecule has 3 rings (SSSR count). The molecular formula is C18H17ClN4O4S. The Bertz CT molecular complexity index is 1100. The number of H-pyrrole nitrogens is 1. The minimum atomic E-state index is -3.89. The van der Waals surface area contributed by atoms with E-state index < -0.39 is 10.0 Å². The monoisotopic (exact) mass is 420 g/mol. The number of hydrogen-bond donors (Lipinski definition) is 2. The lowest BCUT2D eigenvalue weighted by atomic mass is 10.1. The highest BCUT2D eigenvalue weighted by molar-refractivity contribution is 7.89. The highest BCUT2D eigenvalue weighted by Crippen LogP contribution is 2.29. The molecule has 0 aliphatic heterocycles. The molecule has 0 bridgehead atoms. The normalized spacial score (nSPS) is 11.5. The van der Waals surface area contributed by atoms with Gasteiger partial charge in [-0.15, -0.1) is 0 Å². The van der Waals surface area contributed by atoms with E-state index in [9.17, 15) is 8.42 Å². The molecule has 0 aliphatic carbocycles. The van der Waals surface area contributed by atoms with Crippen LogP contribution in [0.15, 0.2) is 58.7 Å². The smallest absolute Gasteiger partial charge is 0.276 e. The highest BCUT2D eigenvalue weighted by atomic mass is 35.5. The van der Waals surface area contributed by atoms with Gasteiger partial charge in [-0.05, 0) is 24.3 Å². The van der Waals surface area contributed by atoms with E-state index in [2.05, 4.69) is 20.1 Å². The molecule has 0 saturated carbocycles. The number of ether oxygens (including phenoxy) is 2. The Morgan fingerprint density at radius 3 is 2.50 bits per heavy atom. The van der Waals surface area contributed by atoms with Crippen LogP contribution in [-0.4, -0.2) is 39.0 Å². The molecule has 3 aromatic rings. The summed E-state index contributed by atoms with van der Waals surface area (Å²) >= 11 is 5.90. The summed E-state index contributed by atoms with van der Waals surface area (Å²) in [6, 6.07) is 11.4. The molecule has 0 amide bonds. The lowest BCUT2D eigenvalue weighted by Crippen LogP contribution is -2.18. The number of nitrogens with one attached hydrogen (secondary N) is 2. The second-order valence-electron chi connectivity index (χ2n) is 5.58. The maximum atomic E-state index is 12.5. The lowest BCUT2D eigenvalue weighted by molar-refractivity contribution is 0.354. The standard InChI is InChI=1S/C18H17ClN4O4S/c1-26-16-8-7-15(9-17(16)27-2)28(24,25)23-21-11-13-10-20-22-18(13)12-3-5-14(19)6-4-12/h3-11,23H,1-2H3,(H,20,22)/b21-11-. The average molecular weight is 421 g/mol. The number of rotatable bonds is 7. The quantitative estimate of drug-likeness (QED) is 0.451. The summed E-state index contributed by atoms with van der Waals surface area (Å²) in [5, 5.41) is 11.3. The van der Waals surface area contributed by atoms with E-state index in [1.165, 1.54) is 44.8 Å². The van der Waals surface area contributed by atoms with Gasteiger partial charge in [0.05, 0.1) is 37.2 Å². The van der Waals surface area contributed by atoms with Crippen molar-refractivity contribution < 1.29 is 17.9 Å². The van der Waals surface area contributed by atoms with Crippen LogP contribution >= 0.6 is 11.6 Å². The fourth-order valence-electron chi connectivity index (χ4n) is 2.44. The Balaban J connectivity index is 1.80. The predicted octanol–water partition coefficient (Wildman–Crippen LogP) is 3.06. The van der Waals surface area contributed by atoms with Crippen molar-refractivity contribution in [2.75, 3.05) is 14.2 Å². The molecule has 1 heterocycles. The first-order valence-electron chi connectivity index (χ1n) is 8.01. The molecule has 8 nitrogen and oxygen atoms in total. The third-order valence-electron chi connectivity index (χ3n) is 3.84. The fourth-order valence-corrected chi connectivity index (χ4v) is 3.38. The Labute approximate surface area is 167 Å². The number of methoxy groups -OCH3 is 2. The zero-order chi connectivity index (χ0) is 20.1. The van der Waals surface area contributed by atoms with Gasteiger partial charge in [0.25, 0.3) is 10.0 Å². The maximum absolute atomic E-state index is 12.5. The van der Waals surface area contributed by atoms with Crippen molar-refractivity contribution >= 4 is 27.8 Å². The minimum absolute atomic E-state index is 0.00702. The average Bonchev–Trinajstić information content (AvgIpc) is 3.16. The Kier molecular flexibility index (Phi) is 5.86. The van der Waals surface area contributed by atoms with E-state index in [0.29, 0.717) is 27.8 Å². The summed E-state index contributed by atoms with van der Waals surface area (Å²) in [6.45, 7) is 0. The molecule has 1 aromatic heterocycles. The van der Waals surface area contributed by atoms with Crippen LogP contribution in [0.4, 0.5) is 0 Å². The van der Waals surface area contributed by atoms with E-state index >= 15 is 0 Å². The number of nitrogens with zero attached hydrogens (tertiary/aromatic N) is 2. The zero-order valence-corrected chi connectivity index (χ0v) is 16.6. The van der Waals surface area contributed by atoms with E-state index in [4.69, 9.17) is 21.1 Å². The molecule has 2 aromatic carbocycles. The Morgan fingerprint density at radius 2 is 1.82 bits per heavy atom. The number of halogens is 1. The van der Waals surface area contributed by atoms with Gasteiger partial charge in [-0.2, -0.15) is 18.6 Å². The zero-order valence-electron chi connectivity index (χ0n) is 15.0. The SMILES string of the molecule is COc1ccc(S(=O)(=O)N/N=C\c2cn[nH]c2-c2ccc(Cl)cc2)cc1OC. The molecule has 0 fully saturated rings. The first-order valence-corrected chi connectivity index (χ1v) is 9.87. The second-order valence-corrected chi connectivity index (χ2v) is 7.67. The summed E-state index contributed by atoms with van der Waals surface area (Å²) in [5.74, 6) is 0.727. The summed E-state index contributed by atoms with van der Waals surface area (Å²) in [7, 11) is -0.988. The molecule has 0 saturated heterocycles. The minimum Gasteiger partial charge on any atom is -0.493 e. The fraction of sp³-hybridized carbons (Fsp3) is 0.111. The van der Waals surface area contributed by atoms with Crippen LogP contribution in [0.2, 0.25) is 5.02 Å². The van der Waals surface area contributed by atoms with Gasteiger partial charge in [0, 0.05) is 22.2 Å². The van der Waals surface area contributed by atoms with Crippen LogP contribution in [0, 0.1) is 0 Å². The molecule has 146 valence electrons. The van der Waals surface area contributed by atoms with E-state index in [-0.39, 0.29) is 4.90 Å². The van der Waals surface area contributed by atoms with Crippen molar-refractivity contribution in [2.24, 2.45) is 5.10 Å². The highest BCUT2D eigenvalue weighted by Gasteiger charge is 2.16. The van der Waals surface area contributed by atoms with Gasteiger partial charge in [-0.3, -0.25) is 5.10 Å². The molecule has 0 aliphatic rings. The molecule has 2 N–H and O–H groups in total. The van der Waals surface area contributed by atoms with Crippen molar-refractivity contribution in [1.29, 1.82) is 0 Å². The van der Waals surface area contributed by atoms with Crippen LogP contribution in [0.1, 0.15) is 5.56 Å². The van der Waals surface area contributed by atoms with Crippen LogP contribution in [0.5, 0.6) is 11.5 Å². The number of aromatic nitrogens is 2. The molecule has 0 unspecified atom stereocenters. The van der Waals surface area contributed by atoms with Crippen LogP contribution in [0.25, 0.3) is 11.3 Å². The third kappa shape index (κ3) is 4.26. The molecular weight excluding hydrogens is 404 g/mol. The van der Waals surface area contributed by atoms with Gasteiger partial charge in [0.15, 0.2) is 11.5 Å². The maximum Gasteiger partial charge on any atom is 0.276 e. The predicted molar refractivity (Wildman–Crippen MR) is 106 cm³/mol. The van der Waals surface area contributed by atoms with E-state index in [0.717, 1.165) is 5.56 Å². The summed E-state index contributed by atoms with van der Waals surface area (Å²) < 4.78 is 35.2. The van der Waals surface area contributed by atoms with Crippen molar-refractivity contribution in [1.82, 2.24) is 15.0 Å². The summed E-state index contributed by atoms with van der Waals surface area (Å²) in [4.78, 5) is 2.17. The van der Waals surface area contributed by atoms with Crippen LogP contribution in [0.3, 0.4) is 0 Å². The van der Waals surface area contributed by atoms with Crippen LogP contribution in [-0.2, 0) is 10.0 Å². The molecule has 0 spiro atoms. The number of hydrogen-bond acceptors (Lipinski definition) is 6. The molecule has 28 heavy (non-hydrogen) atoms. The number of benzene rings is 2. The van der Waals surface area contributed by atoms with Crippen molar-refractivity contribution in [3.8, 4) is 22.8 Å².